The van der Waals surface area contributed by atoms with Crippen LogP contribution in [0.3, 0.4) is 0 Å². The summed E-state index contributed by atoms with van der Waals surface area (Å²) in [7, 11) is 0. The van der Waals surface area contributed by atoms with Crippen LogP contribution in [-0.4, -0.2) is 90.5 Å². The molecule has 0 unspecified atom stereocenters. The standard InChI is InChI=1S/C25H33F3N4O2S/c26-25(27,28)20-5-6-21-22(19-20)29-8-7-23(21)35-18-4-2-1-3-9-30-10-12-31(13-11-30)24(33)32-14-16-34-17-15-32/h5-8,19H,1-4,9-18H2. The molecule has 2 aromatic rings. The number of thioether (sulfide) groups is 1. The smallest absolute Gasteiger partial charge is 0.378 e. The molecule has 0 saturated carbocycles. The van der Waals surface area contributed by atoms with E-state index in [-0.39, 0.29) is 6.03 Å². The molecule has 3 heterocycles. The largest absolute Gasteiger partial charge is 0.416 e. The molecule has 4 rings (SSSR count). The summed E-state index contributed by atoms with van der Waals surface area (Å²) in [5.41, 5.74) is -0.277. The number of hydrogen-bond acceptors (Lipinski definition) is 5. The van der Waals surface area contributed by atoms with Crippen LogP contribution >= 0.6 is 11.8 Å². The van der Waals surface area contributed by atoms with Crippen molar-refractivity contribution < 1.29 is 22.7 Å². The molecule has 2 amide bonds. The van der Waals surface area contributed by atoms with Gasteiger partial charge in [0.2, 0.25) is 0 Å². The average Bonchev–Trinajstić information content (AvgIpc) is 2.88. The summed E-state index contributed by atoms with van der Waals surface area (Å²) in [6, 6.07) is 5.81. The van der Waals surface area contributed by atoms with Gasteiger partial charge in [-0.25, -0.2) is 4.79 Å². The second-order valence-electron chi connectivity index (χ2n) is 9.01. The number of alkyl halides is 3. The van der Waals surface area contributed by atoms with Crippen LogP contribution in [0.1, 0.15) is 31.2 Å². The monoisotopic (exact) mass is 510 g/mol. The van der Waals surface area contributed by atoms with E-state index in [0.717, 1.165) is 86.6 Å². The zero-order valence-electron chi connectivity index (χ0n) is 19.9. The number of unbranched alkanes of at least 4 members (excludes halogenated alkanes) is 3. The maximum absolute atomic E-state index is 12.9. The number of morpholine rings is 1. The lowest BCUT2D eigenvalue weighted by Crippen LogP contribution is -2.54. The predicted molar refractivity (Wildman–Crippen MR) is 132 cm³/mol. The summed E-state index contributed by atoms with van der Waals surface area (Å²) in [6.45, 7) is 7.13. The average molecular weight is 511 g/mol. The van der Waals surface area contributed by atoms with Gasteiger partial charge >= 0.3 is 12.2 Å². The Hall–Kier alpha value is -2.04. The summed E-state index contributed by atoms with van der Waals surface area (Å²) in [4.78, 5) is 24.0. The number of pyridine rings is 1. The van der Waals surface area contributed by atoms with Crippen molar-refractivity contribution in [3.8, 4) is 0 Å². The first-order valence-electron chi connectivity index (χ1n) is 12.3. The van der Waals surface area contributed by atoms with Crippen LogP contribution in [0.2, 0.25) is 0 Å². The number of ether oxygens (including phenoxy) is 1. The quantitative estimate of drug-likeness (QED) is 0.371. The second-order valence-corrected chi connectivity index (χ2v) is 10.1. The fraction of sp³-hybridized carbons (Fsp3) is 0.600. The van der Waals surface area contributed by atoms with Gasteiger partial charge in [-0.1, -0.05) is 18.9 Å². The third-order valence-electron chi connectivity index (χ3n) is 6.58. The number of piperazine rings is 1. The minimum absolute atomic E-state index is 0.146. The molecule has 192 valence electrons. The van der Waals surface area contributed by atoms with Gasteiger partial charge < -0.3 is 14.5 Å². The number of rotatable bonds is 8. The highest BCUT2D eigenvalue weighted by Gasteiger charge is 2.30. The lowest BCUT2D eigenvalue weighted by molar-refractivity contribution is -0.137. The summed E-state index contributed by atoms with van der Waals surface area (Å²) >= 11 is 1.68. The summed E-state index contributed by atoms with van der Waals surface area (Å²) < 4.78 is 44.2. The number of benzene rings is 1. The molecule has 0 aliphatic carbocycles. The van der Waals surface area contributed by atoms with Crippen LogP contribution in [0.15, 0.2) is 35.4 Å². The maximum atomic E-state index is 12.9. The SMILES string of the molecule is O=C(N1CCOCC1)N1CCN(CCCCCCSc2ccnc3cc(C(F)(F)F)ccc23)CC1. The van der Waals surface area contributed by atoms with Gasteiger partial charge in [-0.2, -0.15) is 13.2 Å². The van der Waals surface area contributed by atoms with Crippen molar-refractivity contribution in [3.05, 3.63) is 36.0 Å². The van der Waals surface area contributed by atoms with E-state index in [1.807, 2.05) is 15.9 Å². The maximum Gasteiger partial charge on any atom is 0.416 e. The number of halogens is 3. The molecule has 2 saturated heterocycles. The molecule has 2 fully saturated rings. The van der Waals surface area contributed by atoms with E-state index in [1.165, 1.54) is 6.07 Å². The van der Waals surface area contributed by atoms with E-state index < -0.39 is 11.7 Å². The zero-order chi connectivity index (χ0) is 24.7. The Morgan fingerprint density at radius 2 is 1.66 bits per heavy atom. The van der Waals surface area contributed by atoms with Crippen molar-refractivity contribution in [3.63, 3.8) is 0 Å². The number of amides is 2. The van der Waals surface area contributed by atoms with Gasteiger partial charge in [0.1, 0.15) is 0 Å². The first-order chi connectivity index (χ1) is 16.9. The lowest BCUT2D eigenvalue weighted by atomic mass is 10.1. The van der Waals surface area contributed by atoms with Crippen LogP contribution in [0.4, 0.5) is 18.0 Å². The molecule has 2 aliphatic heterocycles. The first kappa shape index (κ1) is 26.0. The van der Waals surface area contributed by atoms with E-state index in [0.29, 0.717) is 31.8 Å². The second kappa shape index (κ2) is 12.3. The Kier molecular flexibility index (Phi) is 9.13. The normalized spacial score (nSPS) is 17.8. The van der Waals surface area contributed by atoms with Crippen LogP contribution in [-0.2, 0) is 10.9 Å². The molecule has 35 heavy (non-hydrogen) atoms. The fourth-order valence-electron chi connectivity index (χ4n) is 4.51. The zero-order valence-corrected chi connectivity index (χ0v) is 20.8. The molecule has 1 aromatic carbocycles. The summed E-state index contributed by atoms with van der Waals surface area (Å²) in [5, 5.41) is 0.775. The van der Waals surface area contributed by atoms with Crippen molar-refractivity contribution in [1.29, 1.82) is 0 Å². The molecule has 6 nitrogen and oxygen atoms in total. The minimum Gasteiger partial charge on any atom is -0.378 e. The Bertz CT molecular complexity index is 977. The van der Waals surface area contributed by atoms with Gasteiger partial charge in [-0.05, 0) is 43.3 Å². The molecular weight excluding hydrogens is 477 g/mol. The Morgan fingerprint density at radius 1 is 0.943 bits per heavy atom. The molecule has 2 aliphatic rings. The Labute approximate surface area is 208 Å². The summed E-state index contributed by atoms with van der Waals surface area (Å²) in [6.07, 6.45) is 1.71. The van der Waals surface area contributed by atoms with Crippen LogP contribution in [0.5, 0.6) is 0 Å². The van der Waals surface area contributed by atoms with Crippen molar-refractivity contribution in [2.75, 3.05) is 64.8 Å². The molecule has 10 heteroatoms. The molecule has 1 aromatic heterocycles. The molecule has 0 bridgehead atoms. The molecule has 0 spiro atoms. The third kappa shape index (κ3) is 7.24. The molecule has 0 atom stereocenters. The Balaban J connectivity index is 1.10. The topological polar surface area (TPSA) is 48.9 Å². The summed E-state index contributed by atoms with van der Waals surface area (Å²) in [5.74, 6) is 0.933. The number of nitrogens with zero attached hydrogens (tertiary/aromatic N) is 4. The lowest BCUT2D eigenvalue weighted by Gasteiger charge is -2.38. The van der Waals surface area contributed by atoms with Gasteiger partial charge in [0.15, 0.2) is 0 Å². The Morgan fingerprint density at radius 3 is 2.40 bits per heavy atom. The van der Waals surface area contributed by atoms with Gasteiger partial charge in [0.05, 0.1) is 24.3 Å². The highest BCUT2D eigenvalue weighted by molar-refractivity contribution is 7.99. The van der Waals surface area contributed by atoms with Crippen molar-refractivity contribution in [2.45, 2.75) is 36.8 Å². The van der Waals surface area contributed by atoms with Crippen LogP contribution < -0.4 is 0 Å². The van der Waals surface area contributed by atoms with Crippen LogP contribution in [0.25, 0.3) is 10.9 Å². The van der Waals surface area contributed by atoms with Gasteiger partial charge in [0.25, 0.3) is 0 Å². The third-order valence-corrected chi connectivity index (χ3v) is 7.74. The highest BCUT2D eigenvalue weighted by atomic mass is 32.2. The van der Waals surface area contributed by atoms with E-state index in [4.69, 9.17) is 4.74 Å². The van der Waals surface area contributed by atoms with Gasteiger partial charge in [-0.15, -0.1) is 11.8 Å². The van der Waals surface area contributed by atoms with Gasteiger partial charge in [-0.3, -0.25) is 9.88 Å². The van der Waals surface area contributed by atoms with Crippen LogP contribution in [0, 0.1) is 0 Å². The van der Waals surface area contributed by atoms with E-state index >= 15 is 0 Å². The number of hydrogen-bond donors (Lipinski definition) is 0. The van der Waals surface area contributed by atoms with E-state index in [2.05, 4.69) is 9.88 Å². The number of carbonyl (C=O) groups excluding carboxylic acids is 1. The van der Waals surface area contributed by atoms with E-state index in [9.17, 15) is 18.0 Å². The fourth-order valence-corrected chi connectivity index (χ4v) is 5.57. The number of carbonyl (C=O) groups is 1. The first-order valence-corrected chi connectivity index (χ1v) is 13.3. The highest BCUT2D eigenvalue weighted by Crippen LogP contribution is 2.34. The number of aromatic nitrogens is 1. The molecular formula is C25H33F3N4O2S. The predicted octanol–water partition coefficient (Wildman–Crippen LogP) is 4.98. The van der Waals surface area contributed by atoms with Gasteiger partial charge in [0, 0.05) is 55.7 Å². The van der Waals surface area contributed by atoms with Crippen molar-refractivity contribution in [2.24, 2.45) is 0 Å². The number of fused-ring (bicyclic) bond motifs is 1. The van der Waals surface area contributed by atoms with E-state index in [1.54, 1.807) is 18.0 Å². The molecule has 0 radical (unpaired) electrons. The minimum atomic E-state index is -4.35. The number of urea groups is 1. The van der Waals surface area contributed by atoms with Crippen molar-refractivity contribution >= 4 is 28.7 Å². The molecule has 0 N–H and O–H groups in total. The van der Waals surface area contributed by atoms with Crippen molar-refractivity contribution in [1.82, 2.24) is 19.7 Å².